The number of anilines is 6. The lowest BCUT2D eigenvalue weighted by Gasteiger charge is -2.39. The SMILES string of the molecule is c1cc(-c2nc3ccccc3o2)c2c(c1)N1c3cc4sc5ccccc5c4cc3Oc3c(-c4nc5ccccc5o4)ccc(c31)O2.c1ccc2oc(-c3ccc4c5c3Sc3cc6c(cc3N5c3ccc(-c5nc7ccccc7s5)cc3S4)oc3ccccc36)nc2c1. The highest BCUT2D eigenvalue weighted by Gasteiger charge is 2.40. The number of thiazole rings is 1. The Morgan fingerprint density at radius 1 is 0.315 bits per heavy atom. The molecule has 18 aromatic rings. The molecule has 10 heterocycles. The molecule has 4 aliphatic heterocycles. The van der Waals surface area contributed by atoms with E-state index in [9.17, 15) is 0 Å². The molecule has 0 aliphatic carbocycles. The maximum atomic E-state index is 6.85. The lowest BCUT2D eigenvalue weighted by Crippen LogP contribution is -2.21. The van der Waals surface area contributed by atoms with Gasteiger partial charge in [0.2, 0.25) is 17.7 Å². The monoisotopic (exact) mass is 1260 g/mol. The van der Waals surface area contributed by atoms with Gasteiger partial charge >= 0.3 is 0 Å². The van der Waals surface area contributed by atoms with E-state index in [2.05, 4.69) is 125 Å². The number of furan rings is 1. The predicted molar refractivity (Wildman–Crippen MR) is 368 cm³/mol. The Balaban J connectivity index is 0.000000124. The van der Waals surface area contributed by atoms with Crippen LogP contribution in [0, 0.1) is 0 Å². The van der Waals surface area contributed by atoms with E-state index in [1.165, 1.54) is 29.3 Å². The van der Waals surface area contributed by atoms with Crippen molar-refractivity contribution in [2.45, 2.75) is 19.6 Å². The first-order chi connectivity index (χ1) is 45.5. The molecule has 0 atom stereocenters. The van der Waals surface area contributed by atoms with Crippen LogP contribution in [0.25, 0.3) is 131 Å². The molecule has 6 aromatic heterocycles. The number of rotatable bonds is 4. The molecule has 0 amide bonds. The topological polar surface area (TPSA) is 129 Å². The molecule has 12 nitrogen and oxygen atoms in total. The van der Waals surface area contributed by atoms with Crippen molar-refractivity contribution >= 4 is 166 Å². The fourth-order valence-corrected chi connectivity index (χ4v) is 17.7. The van der Waals surface area contributed by atoms with Crippen molar-refractivity contribution in [3.8, 4) is 67.9 Å². The first kappa shape index (κ1) is 50.7. The van der Waals surface area contributed by atoms with Gasteiger partial charge in [-0.3, -0.25) is 4.90 Å². The van der Waals surface area contributed by atoms with Gasteiger partial charge in [-0.2, -0.15) is 0 Å². The minimum Gasteiger partial charge on any atom is -0.456 e. The number of para-hydroxylation sites is 9. The third-order valence-corrected chi connectivity index (χ3v) is 21.9. The molecule has 4 aliphatic rings. The second kappa shape index (κ2) is 19.2. The summed E-state index contributed by atoms with van der Waals surface area (Å²) < 4.78 is 42.4. The van der Waals surface area contributed by atoms with Crippen LogP contribution >= 0.6 is 46.2 Å². The van der Waals surface area contributed by atoms with Gasteiger partial charge < -0.3 is 32.0 Å². The van der Waals surface area contributed by atoms with Crippen LogP contribution in [0.15, 0.2) is 268 Å². The van der Waals surface area contributed by atoms with Crippen molar-refractivity contribution in [3.63, 3.8) is 0 Å². The number of ether oxygens (including phenoxy) is 2. The molecule has 0 bridgehead atoms. The summed E-state index contributed by atoms with van der Waals surface area (Å²) in [6.07, 6.45) is 0. The van der Waals surface area contributed by atoms with Crippen LogP contribution in [-0.2, 0) is 0 Å². The molecule has 12 aromatic carbocycles. The number of hydrogen-bond acceptors (Lipinski definition) is 16. The molecule has 0 saturated carbocycles. The molecule has 0 radical (unpaired) electrons. The Morgan fingerprint density at radius 3 is 1.70 bits per heavy atom. The van der Waals surface area contributed by atoms with Crippen molar-refractivity contribution < 1.29 is 27.1 Å². The zero-order valence-electron chi connectivity index (χ0n) is 47.7. The number of thiophene rings is 1. The van der Waals surface area contributed by atoms with Crippen LogP contribution in [0.1, 0.15) is 0 Å². The van der Waals surface area contributed by atoms with E-state index in [0.29, 0.717) is 40.5 Å². The molecule has 22 rings (SSSR count). The molecule has 0 N–H and O–H groups in total. The maximum Gasteiger partial charge on any atom is 0.231 e. The number of aromatic nitrogens is 4. The normalized spacial score (nSPS) is 13.3. The van der Waals surface area contributed by atoms with Crippen LogP contribution in [0.4, 0.5) is 34.1 Å². The third-order valence-electron chi connectivity index (χ3n) is 17.4. The third kappa shape index (κ3) is 7.54. The molecule has 0 fully saturated rings. The van der Waals surface area contributed by atoms with Gasteiger partial charge in [0.15, 0.2) is 39.7 Å². The van der Waals surface area contributed by atoms with E-state index in [4.69, 9.17) is 47.1 Å². The first-order valence-corrected chi connectivity index (χ1v) is 33.1. The quantitative estimate of drug-likeness (QED) is 0.166. The fraction of sp³-hybridized carbons (Fsp3) is 0. The predicted octanol–water partition coefficient (Wildman–Crippen LogP) is 23.4. The number of fused-ring (bicyclic) bond motifs is 18. The summed E-state index contributed by atoms with van der Waals surface area (Å²) in [7, 11) is 0. The van der Waals surface area contributed by atoms with Crippen molar-refractivity contribution in [3.05, 3.63) is 231 Å². The average molecular weight is 1260 g/mol. The van der Waals surface area contributed by atoms with Crippen LogP contribution in [0.2, 0.25) is 0 Å². The zero-order chi connectivity index (χ0) is 59.9. The second-order valence-electron chi connectivity index (χ2n) is 22.8. The summed E-state index contributed by atoms with van der Waals surface area (Å²) in [6.45, 7) is 0. The number of oxazole rings is 3. The van der Waals surface area contributed by atoms with Gasteiger partial charge in [0.05, 0.1) is 60.2 Å². The molecular weight excluding hydrogens is 1220 g/mol. The summed E-state index contributed by atoms with van der Waals surface area (Å²) in [5.74, 6) is 4.27. The standard InChI is InChI=1S/C38H19N3O4S.C38H19N3O2S3/c1-6-15-32-20(8-1)23-18-31-27(19-33(23)46-32)41-26-12-7-9-21(37-39-24-10-2-4-13-28(24)44-37)35(26)42-30-17-16-22(36(43-31)34(30)41)38-40-25-11-3-5-14-29(25)45-38;1-4-10-28-21(7-1)23-18-34-27(19-30(23)42-28)41-26-15-13-20(38-40-25-9-3-6-12-31(25)46-38)17-33(26)44-32-16-14-22(36(45-34)35(32)41)37-39-24-8-2-5-11-29(24)43-37/h2*1-19H. The van der Waals surface area contributed by atoms with Crippen LogP contribution < -0.4 is 19.3 Å². The smallest absolute Gasteiger partial charge is 0.231 e. The summed E-state index contributed by atoms with van der Waals surface area (Å²) in [6, 6.07) is 78.5. The summed E-state index contributed by atoms with van der Waals surface area (Å²) in [5, 5.41) is 5.61. The summed E-state index contributed by atoms with van der Waals surface area (Å²) in [4.78, 5) is 28.8. The van der Waals surface area contributed by atoms with E-state index in [1.54, 1.807) is 46.2 Å². The van der Waals surface area contributed by atoms with Crippen LogP contribution in [0.5, 0.6) is 23.0 Å². The van der Waals surface area contributed by atoms with E-state index in [-0.39, 0.29) is 0 Å². The van der Waals surface area contributed by atoms with Crippen molar-refractivity contribution in [1.82, 2.24) is 19.9 Å². The minimum absolute atomic E-state index is 0.482. The van der Waals surface area contributed by atoms with E-state index in [0.717, 1.165) is 137 Å². The Hall–Kier alpha value is -11.1. The average Bonchev–Trinajstić information content (AvgIpc) is 1.05. The Morgan fingerprint density at radius 2 is 0.946 bits per heavy atom. The second-order valence-corrected chi connectivity index (χ2v) is 27.0. The highest BCUT2D eigenvalue weighted by molar-refractivity contribution is 8.01. The highest BCUT2D eigenvalue weighted by atomic mass is 32.2. The molecule has 16 heteroatoms. The molecule has 0 unspecified atom stereocenters. The van der Waals surface area contributed by atoms with E-state index < -0.39 is 0 Å². The molecule has 92 heavy (non-hydrogen) atoms. The summed E-state index contributed by atoms with van der Waals surface area (Å²) >= 11 is 7.09. The van der Waals surface area contributed by atoms with Gasteiger partial charge in [-0.05, 0) is 133 Å². The zero-order valence-corrected chi connectivity index (χ0v) is 51.0. The van der Waals surface area contributed by atoms with Gasteiger partial charge in [-0.1, -0.05) is 115 Å². The molecule has 0 spiro atoms. The summed E-state index contributed by atoms with van der Waals surface area (Å²) in [5.41, 5.74) is 17.0. The fourth-order valence-electron chi connectivity index (χ4n) is 13.3. The number of nitrogens with zero attached hydrogens (tertiary/aromatic N) is 6. The Bertz CT molecular complexity index is 6100. The maximum absolute atomic E-state index is 6.85. The Kier molecular flexibility index (Phi) is 10.6. The lowest BCUT2D eigenvalue weighted by atomic mass is 10.0. The van der Waals surface area contributed by atoms with Crippen molar-refractivity contribution in [2.24, 2.45) is 0 Å². The first-order valence-electron chi connectivity index (χ1n) is 29.8. The molecule has 0 saturated heterocycles. The van der Waals surface area contributed by atoms with E-state index in [1.807, 2.05) is 115 Å². The number of benzene rings is 12. The largest absolute Gasteiger partial charge is 0.456 e. The van der Waals surface area contributed by atoms with Crippen molar-refractivity contribution in [2.75, 3.05) is 9.80 Å². The van der Waals surface area contributed by atoms with Gasteiger partial charge in [-0.15, -0.1) is 22.7 Å². The van der Waals surface area contributed by atoms with Crippen LogP contribution in [-0.4, -0.2) is 19.9 Å². The van der Waals surface area contributed by atoms with Gasteiger partial charge in [0.1, 0.15) is 38.4 Å². The Labute approximate surface area is 537 Å². The minimum atomic E-state index is 0.482. The van der Waals surface area contributed by atoms with E-state index >= 15 is 0 Å². The highest BCUT2D eigenvalue weighted by Crippen LogP contribution is 2.66. The van der Waals surface area contributed by atoms with Gasteiger partial charge in [0, 0.05) is 57.3 Å². The molecule has 432 valence electrons. The van der Waals surface area contributed by atoms with Gasteiger partial charge in [-0.25, -0.2) is 19.9 Å². The van der Waals surface area contributed by atoms with Crippen LogP contribution in [0.3, 0.4) is 0 Å². The number of hydrogen-bond donors (Lipinski definition) is 0. The molecular formula is C76H38N6O6S4. The van der Waals surface area contributed by atoms with Crippen molar-refractivity contribution in [1.29, 1.82) is 0 Å². The van der Waals surface area contributed by atoms with Gasteiger partial charge in [0.25, 0.3) is 0 Å². The lowest BCUT2D eigenvalue weighted by molar-refractivity contribution is 0.446.